The number of ether oxygens (including phenoxy) is 2. The van der Waals surface area contributed by atoms with Gasteiger partial charge in [0, 0.05) is 25.6 Å². The number of nitrogens with zero attached hydrogens (tertiary/aromatic N) is 1. The smallest absolute Gasteiger partial charge is 0.234 e. The van der Waals surface area contributed by atoms with Crippen LogP contribution in [-0.2, 0) is 16.0 Å². The number of amides is 1. The molecule has 2 aliphatic rings. The zero-order chi connectivity index (χ0) is 18.4. The van der Waals surface area contributed by atoms with Crippen LogP contribution in [0.3, 0.4) is 0 Å². The molecule has 2 atom stereocenters. The number of rotatable bonds is 7. The molecule has 1 aliphatic carbocycles. The number of hydrogen-bond acceptors (Lipinski definition) is 4. The van der Waals surface area contributed by atoms with Crippen molar-refractivity contribution in [2.75, 3.05) is 40.4 Å². The summed E-state index contributed by atoms with van der Waals surface area (Å²) >= 11 is 0. The monoisotopic (exact) mass is 360 g/mol. The molecule has 1 spiro atoms. The van der Waals surface area contributed by atoms with Crippen LogP contribution < -0.4 is 10.1 Å². The van der Waals surface area contributed by atoms with E-state index in [9.17, 15) is 4.79 Å². The zero-order valence-electron chi connectivity index (χ0n) is 16.1. The SMILES string of the molecule is COc1ccc(CCNC(=O)CN2CCC[C@@]3(CCC[C@H]3OC)C2)cc1. The second kappa shape index (κ2) is 8.87. The Hall–Kier alpha value is -1.59. The molecular formula is C21H32N2O3. The maximum atomic E-state index is 12.4. The number of carbonyl (C=O) groups is 1. The van der Waals surface area contributed by atoms with Crippen LogP contribution in [0.15, 0.2) is 24.3 Å². The van der Waals surface area contributed by atoms with Gasteiger partial charge in [-0.15, -0.1) is 0 Å². The van der Waals surface area contributed by atoms with Gasteiger partial charge in [-0.3, -0.25) is 9.69 Å². The third-order valence-corrected chi connectivity index (χ3v) is 6.06. The fraction of sp³-hybridized carbons (Fsp3) is 0.667. The van der Waals surface area contributed by atoms with Gasteiger partial charge in [-0.2, -0.15) is 0 Å². The summed E-state index contributed by atoms with van der Waals surface area (Å²) in [5.74, 6) is 0.987. The normalized spacial score (nSPS) is 26.2. The van der Waals surface area contributed by atoms with Crippen molar-refractivity contribution in [3.05, 3.63) is 29.8 Å². The summed E-state index contributed by atoms with van der Waals surface area (Å²) in [5, 5.41) is 3.07. The lowest BCUT2D eigenvalue weighted by atomic mass is 9.76. The molecule has 1 aromatic carbocycles. The van der Waals surface area contributed by atoms with E-state index in [4.69, 9.17) is 9.47 Å². The summed E-state index contributed by atoms with van der Waals surface area (Å²) in [6.07, 6.45) is 7.26. The number of carbonyl (C=O) groups excluding carboxylic acids is 1. The number of benzene rings is 1. The molecule has 1 saturated heterocycles. The first kappa shape index (κ1) is 19.2. The minimum Gasteiger partial charge on any atom is -0.497 e. The van der Waals surface area contributed by atoms with Crippen molar-refractivity contribution in [2.24, 2.45) is 5.41 Å². The molecule has 5 nitrogen and oxygen atoms in total. The van der Waals surface area contributed by atoms with E-state index in [0.29, 0.717) is 19.2 Å². The van der Waals surface area contributed by atoms with Crippen molar-refractivity contribution in [3.63, 3.8) is 0 Å². The maximum Gasteiger partial charge on any atom is 0.234 e. The molecule has 1 heterocycles. The van der Waals surface area contributed by atoms with E-state index in [1.54, 1.807) is 7.11 Å². The lowest BCUT2D eigenvalue weighted by Gasteiger charge is -2.43. The summed E-state index contributed by atoms with van der Waals surface area (Å²) in [7, 11) is 3.50. The predicted octanol–water partition coefficient (Wildman–Crippen LogP) is 2.64. The highest BCUT2D eigenvalue weighted by atomic mass is 16.5. The van der Waals surface area contributed by atoms with Crippen LogP contribution in [0.4, 0.5) is 0 Å². The number of methoxy groups -OCH3 is 2. The Morgan fingerprint density at radius 3 is 2.73 bits per heavy atom. The molecule has 0 radical (unpaired) electrons. The zero-order valence-corrected chi connectivity index (χ0v) is 16.1. The molecule has 3 rings (SSSR count). The number of piperidine rings is 1. The maximum absolute atomic E-state index is 12.4. The Balaban J connectivity index is 1.42. The highest BCUT2D eigenvalue weighted by Crippen LogP contribution is 2.46. The minimum absolute atomic E-state index is 0.127. The molecule has 1 saturated carbocycles. The minimum atomic E-state index is 0.127. The Bertz CT molecular complexity index is 589. The summed E-state index contributed by atoms with van der Waals surface area (Å²) in [5.41, 5.74) is 1.48. The van der Waals surface area contributed by atoms with Gasteiger partial charge in [0.15, 0.2) is 0 Å². The van der Waals surface area contributed by atoms with Crippen LogP contribution in [0.25, 0.3) is 0 Å². The highest BCUT2D eigenvalue weighted by molar-refractivity contribution is 5.78. The third-order valence-electron chi connectivity index (χ3n) is 6.06. The van der Waals surface area contributed by atoms with Crippen molar-refractivity contribution in [3.8, 4) is 5.75 Å². The van der Waals surface area contributed by atoms with Gasteiger partial charge in [-0.25, -0.2) is 0 Å². The highest BCUT2D eigenvalue weighted by Gasteiger charge is 2.45. The number of likely N-dealkylation sites (tertiary alicyclic amines) is 1. The molecule has 1 N–H and O–H groups in total. The van der Waals surface area contributed by atoms with Gasteiger partial charge >= 0.3 is 0 Å². The molecule has 26 heavy (non-hydrogen) atoms. The predicted molar refractivity (Wildman–Crippen MR) is 102 cm³/mol. The molecule has 1 aromatic rings. The van der Waals surface area contributed by atoms with Crippen LogP contribution in [0, 0.1) is 5.41 Å². The first-order valence-electron chi connectivity index (χ1n) is 9.80. The average Bonchev–Trinajstić information content (AvgIpc) is 3.04. The second-order valence-electron chi connectivity index (χ2n) is 7.74. The molecule has 0 aromatic heterocycles. The largest absolute Gasteiger partial charge is 0.497 e. The molecule has 0 bridgehead atoms. The summed E-state index contributed by atoms with van der Waals surface area (Å²) in [6, 6.07) is 8.00. The van der Waals surface area contributed by atoms with Gasteiger partial charge in [-0.1, -0.05) is 18.6 Å². The van der Waals surface area contributed by atoms with Crippen LogP contribution in [0.5, 0.6) is 5.75 Å². The van der Waals surface area contributed by atoms with Crippen LogP contribution >= 0.6 is 0 Å². The van der Waals surface area contributed by atoms with Crippen molar-refractivity contribution >= 4 is 5.91 Å². The van der Waals surface area contributed by atoms with Gasteiger partial charge in [0.1, 0.15) is 5.75 Å². The van der Waals surface area contributed by atoms with E-state index >= 15 is 0 Å². The van der Waals surface area contributed by atoms with Gasteiger partial charge in [0.2, 0.25) is 5.91 Å². The van der Waals surface area contributed by atoms with E-state index < -0.39 is 0 Å². The van der Waals surface area contributed by atoms with Gasteiger partial charge in [0.25, 0.3) is 0 Å². The van der Waals surface area contributed by atoms with Gasteiger partial charge < -0.3 is 14.8 Å². The molecule has 0 unspecified atom stereocenters. The lowest BCUT2D eigenvalue weighted by Crippen LogP contribution is -2.50. The average molecular weight is 360 g/mol. The standard InChI is InChI=1S/C21H32N2O3/c1-25-18-8-6-17(7-9-18)10-13-22-20(24)15-23-14-4-12-21(16-23)11-3-5-19(21)26-2/h6-9,19H,3-5,10-16H2,1-2H3,(H,22,24)/t19-,21+/m1/s1. The van der Waals surface area contributed by atoms with Crippen LogP contribution in [0.1, 0.15) is 37.7 Å². The third kappa shape index (κ3) is 4.57. The van der Waals surface area contributed by atoms with Gasteiger partial charge in [0.05, 0.1) is 19.8 Å². The second-order valence-corrected chi connectivity index (χ2v) is 7.74. The molecule has 5 heteroatoms. The van der Waals surface area contributed by atoms with E-state index in [1.807, 2.05) is 31.4 Å². The molecule has 144 valence electrons. The van der Waals surface area contributed by atoms with E-state index in [-0.39, 0.29) is 11.3 Å². The Kier molecular flexibility index (Phi) is 6.54. The first-order valence-corrected chi connectivity index (χ1v) is 9.80. The molecule has 1 amide bonds. The van der Waals surface area contributed by atoms with E-state index in [2.05, 4.69) is 10.2 Å². The quantitative estimate of drug-likeness (QED) is 0.812. The lowest BCUT2D eigenvalue weighted by molar-refractivity contribution is -0.123. The van der Waals surface area contributed by atoms with E-state index in [0.717, 1.165) is 25.3 Å². The van der Waals surface area contributed by atoms with Crippen molar-refractivity contribution in [1.29, 1.82) is 0 Å². The fourth-order valence-corrected chi connectivity index (χ4v) is 4.73. The van der Waals surface area contributed by atoms with Crippen LogP contribution in [0.2, 0.25) is 0 Å². The Morgan fingerprint density at radius 1 is 1.23 bits per heavy atom. The Morgan fingerprint density at radius 2 is 2.00 bits per heavy atom. The number of hydrogen-bond donors (Lipinski definition) is 1. The first-order chi connectivity index (χ1) is 12.6. The summed E-state index contributed by atoms with van der Waals surface area (Å²) in [4.78, 5) is 14.7. The summed E-state index contributed by atoms with van der Waals surface area (Å²) in [6.45, 7) is 3.19. The fourth-order valence-electron chi connectivity index (χ4n) is 4.73. The van der Waals surface area contributed by atoms with E-state index in [1.165, 1.54) is 37.7 Å². The topological polar surface area (TPSA) is 50.8 Å². The van der Waals surface area contributed by atoms with Gasteiger partial charge in [-0.05, 0) is 56.3 Å². The molecule has 2 fully saturated rings. The molecule has 1 aliphatic heterocycles. The van der Waals surface area contributed by atoms with Crippen molar-refractivity contribution in [1.82, 2.24) is 10.2 Å². The van der Waals surface area contributed by atoms with Crippen molar-refractivity contribution < 1.29 is 14.3 Å². The molecular weight excluding hydrogens is 328 g/mol. The summed E-state index contributed by atoms with van der Waals surface area (Å²) < 4.78 is 10.9. The number of nitrogens with one attached hydrogen (secondary N) is 1. The Labute approximate surface area is 157 Å². The van der Waals surface area contributed by atoms with Crippen LogP contribution in [-0.4, -0.2) is 57.3 Å². The van der Waals surface area contributed by atoms with Crippen molar-refractivity contribution in [2.45, 2.75) is 44.6 Å².